The van der Waals surface area contributed by atoms with Gasteiger partial charge in [-0.25, -0.2) is 0 Å². The van der Waals surface area contributed by atoms with Crippen LogP contribution < -0.4 is 16.0 Å². The van der Waals surface area contributed by atoms with Gasteiger partial charge in [-0.3, -0.25) is 29.3 Å². The average Bonchev–Trinajstić information content (AvgIpc) is 3.41. The van der Waals surface area contributed by atoms with E-state index in [1.165, 1.54) is 4.90 Å². The van der Waals surface area contributed by atoms with E-state index in [0.29, 0.717) is 23.2 Å². The van der Waals surface area contributed by atoms with Crippen LogP contribution >= 0.6 is 0 Å². The Morgan fingerprint density at radius 1 is 0.857 bits per heavy atom. The monoisotopic (exact) mass is 668 g/mol. The van der Waals surface area contributed by atoms with Gasteiger partial charge in [0, 0.05) is 36.2 Å². The van der Waals surface area contributed by atoms with Gasteiger partial charge in [-0.15, -0.1) is 0 Å². The van der Waals surface area contributed by atoms with Gasteiger partial charge in [0.1, 0.15) is 12.1 Å². The molecule has 49 heavy (non-hydrogen) atoms. The van der Waals surface area contributed by atoms with E-state index in [1.54, 1.807) is 18.2 Å². The maximum absolute atomic E-state index is 13.3. The molecule has 0 radical (unpaired) electrons. The van der Waals surface area contributed by atoms with Gasteiger partial charge < -0.3 is 15.5 Å². The molecule has 3 rings (SSSR count). The van der Waals surface area contributed by atoms with Crippen LogP contribution in [0, 0.1) is 5.92 Å². The minimum atomic E-state index is -0.767. The zero-order chi connectivity index (χ0) is 35.4. The number of fused-ring (bicyclic) bond motifs is 1. The summed E-state index contributed by atoms with van der Waals surface area (Å²) in [4.78, 5) is 64.6. The van der Waals surface area contributed by atoms with Gasteiger partial charge in [0.15, 0.2) is 0 Å². The van der Waals surface area contributed by atoms with Crippen LogP contribution in [0.15, 0.2) is 91.1 Å². The molecular formula is C40H52N4O5. The molecule has 2 atom stereocenters. The van der Waals surface area contributed by atoms with Crippen molar-refractivity contribution in [1.82, 2.24) is 15.5 Å². The average molecular weight is 669 g/mol. The number of rotatable bonds is 19. The molecule has 1 aromatic rings. The van der Waals surface area contributed by atoms with Crippen molar-refractivity contribution in [3.63, 3.8) is 0 Å². The van der Waals surface area contributed by atoms with E-state index in [-0.39, 0.29) is 55.4 Å². The van der Waals surface area contributed by atoms with Gasteiger partial charge in [-0.05, 0) is 69.4 Å². The normalized spacial score (nSPS) is 17.5. The van der Waals surface area contributed by atoms with E-state index >= 15 is 0 Å². The number of carbonyl (C=O) groups is 5. The van der Waals surface area contributed by atoms with Gasteiger partial charge in [-0.2, -0.15) is 0 Å². The van der Waals surface area contributed by atoms with Crippen molar-refractivity contribution in [2.75, 3.05) is 5.32 Å². The number of anilines is 1. The molecule has 1 fully saturated rings. The van der Waals surface area contributed by atoms with E-state index < -0.39 is 18.0 Å². The Kier molecular flexibility index (Phi) is 16.8. The van der Waals surface area contributed by atoms with E-state index in [9.17, 15) is 24.0 Å². The second-order valence-corrected chi connectivity index (χ2v) is 12.5. The van der Waals surface area contributed by atoms with Crippen LogP contribution in [0.5, 0.6) is 0 Å². The zero-order valence-corrected chi connectivity index (χ0v) is 29.2. The maximum atomic E-state index is 13.3. The Morgan fingerprint density at radius 3 is 1.98 bits per heavy atom. The summed E-state index contributed by atoms with van der Waals surface area (Å²) in [6, 6.07) is 3.53. The van der Waals surface area contributed by atoms with Crippen molar-refractivity contribution in [1.29, 1.82) is 0 Å². The molecule has 1 unspecified atom stereocenters. The lowest BCUT2D eigenvalue weighted by atomic mass is 10.0. The zero-order valence-electron chi connectivity index (χ0n) is 29.2. The van der Waals surface area contributed by atoms with E-state index in [2.05, 4.69) is 83.6 Å². The molecule has 2 heterocycles. The lowest BCUT2D eigenvalue weighted by Gasteiger charge is -2.29. The second kappa shape index (κ2) is 21.2. The fraction of sp³-hybridized carbons (Fsp3) is 0.425. The summed E-state index contributed by atoms with van der Waals surface area (Å²) >= 11 is 0. The van der Waals surface area contributed by atoms with E-state index in [1.807, 2.05) is 26.0 Å². The summed E-state index contributed by atoms with van der Waals surface area (Å²) in [5.74, 6) is -1.92. The first kappa shape index (κ1) is 38.7. The van der Waals surface area contributed by atoms with Crippen LogP contribution in [-0.2, 0) is 25.7 Å². The molecule has 2 aliphatic heterocycles. The third-order valence-electron chi connectivity index (χ3n) is 8.24. The fourth-order valence-corrected chi connectivity index (χ4v) is 5.55. The first-order valence-electron chi connectivity index (χ1n) is 17.5. The highest BCUT2D eigenvalue weighted by molar-refractivity contribution is 6.07. The number of carbonyl (C=O) groups excluding carboxylic acids is 5. The molecular weight excluding hydrogens is 616 g/mol. The van der Waals surface area contributed by atoms with Crippen molar-refractivity contribution in [3.8, 4) is 0 Å². The van der Waals surface area contributed by atoms with Crippen molar-refractivity contribution >= 4 is 35.2 Å². The van der Waals surface area contributed by atoms with Crippen LogP contribution in [0.1, 0.15) is 101 Å². The Labute approximate surface area is 291 Å². The van der Waals surface area contributed by atoms with Gasteiger partial charge in [0.25, 0.3) is 5.91 Å². The maximum Gasteiger partial charge on any atom is 0.255 e. The lowest BCUT2D eigenvalue weighted by Crippen LogP contribution is -2.52. The highest BCUT2D eigenvalue weighted by Crippen LogP contribution is 2.32. The lowest BCUT2D eigenvalue weighted by molar-refractivity contribution is -0.137. The second-order valence-electron chi connectivity index (χ2n) is 12.5. The minimum absolute atomic E-state index is 0.140. The van der Waals surface area contributed by atoms with Crippen molar-refractivity contribution < 1.29 is 24.0 Å². The number of nitrogens with zero attached hydrogens (tertiary/aromatic N) is 1. The Hall–Kier alpha value is -4.79. The number of allylic oxidation sites excluding steroid dienone is 12. The molecule has 0 spiro atoms. The first-order chi connectivity index (χ1) is 23.7. The molecule has 0 bridgehead atoms. The Bertz CT molecular complexity index is 1480. The smallest absolute Gasteiger partial charge is 0.255 e. The summed E-state index contributed by atoms with van der Waals surface area (Å²) < 4.78 is 0. The predicted molar refractivity (Wildman–Crippen MR) is 195 cm³/mol. The molecule has 2 aliphatic rings. The highest BCUT2D eigenvalue weighted by atomic mass is 16.2. The summed E-state index contributed by atoms with van der Waals surface area (Å²) in [5, 5.41) is 8.06. The van der Waals surface area contributed by atoms with Gasteiger partial charge in [0.2, 0.25) is 23.6 Å². The summed E-state index contributed by atoms with van der Waals surface area (Å²) in [6.45, 7) is 6.00. The number of imide groups is 1. The molecule has 3 N–H and O–H groups in total. The van der Waals surface area contributed by atoms with Gasteiger partial charge in [-0.1, -0.05) is 99.7 Å². The standard InChI is InChI=1S/C40H52N4O5/c1-4-5-6-7-8-9-10-11-12-13-14-15-16-17-18-19-20-21-22-26-35(45)42-37(30(2)3)39(48)41-33-25-23-24-31-32(33)29-44(40(31)49)34-27-28-36(46)43-38(34)47/h5-6,8-9,11-12,14-15,17-18,20-21,23-25,30,34,37H,4,7,10,13,16,19,22,26-29H2,1-3H3,(H,41,48)(H,42,45)(H,43,46,47)/t34?,37-/m0/s1. The molecule has 1 aromatic carbocycles. The highest BCUT2D eigenvalue weighted by Gasteiger charge is 2.40. The van der Waals surface area contributed by atoms with Gasteiger partial charge in [0.05, 0.1) is 0 Å². The summed E-state index contributed by atoms with van der Waals surface area (Å²) in [5.41, 5.74) is 1.48. The van der Waals surface area contributed by atoms with E-state index in [0.717, 1.165) is 38.5 Å². The molecule has 9 nitrogen and oxygen atoms in total. The third-order valence-corrected chi connectivity index (χ3v) is 8.24. The molecule has 262 valence electrons. The van der Waals surface area contributed by atoms with Crippen LogP contribution in [0.25, 0.3) is 0 Å². The van der Waals surface area contributed by atoms with Crippen LogP contribution in [0.2, 0.25) is 0 Å². The number of benzene rings is 1. The third kappa shape index (κ3) is 13.0. The number of hydrogen-bond acceptors (Lipinski definition) is 5. The van der Waals surface area contributed by atoms with Crippen LogP contribution in [-0.4, -0.2) is 46.5 Å². The Balaban J connectivity index is 1.37. The van der Waals surface area contributed by atoms with Crippen LogP contribution in [0.4, 0.5) is 5.69 Å². The van der Waals surface area contributed by atoms with Crippen LogP contribution in [0.3, 0.4) is 0 Å². The number of hydrogen-bond donors (Lipinski definition) is 3. The fourth-order valence-electron chi connectivity index (χ4n) is 5.55. The molecule has 0 aliphatic carbocycles. The van der Waals surface area contributed by atoms with Crippen molar-refractivity contribution in [3.05, 3.63) is 102 Å². The topological polar surface area (TPSA) is 125 Å². The largest absolute Gasteiger partial charge is 0.344 e. The predicted octanol–water partition coefficient (Wildman–Crippen LogP) is 7.00. The van der Waals surface area contributed by atoms with Gasteiger partial charge >= 0.3 is 0 Å². The molecule has 0 saturated carbocycles. The number of amides is 5. The van der Waals surface area contributed by atoms with E-state index in [4.69, 9.17) is 0 Å². The molecule has 5 amide bonds. The molecule has 1 saturated heterocycles. The number of nitrogens with one attached hydrogen (secondary N) is 3. The quantitative estimate of drug-likeness (QED) is 0.108. The van der Waals surface area contributed by atoms with Crippen molar-refractivity contribution in [2.45, 2.75) is 104 Å². The molecule has 9 heteroatoms. The number of piperidine rings is 1. The Morgan fingerprint density at radius 2 is 1.43 bits per heavy atom. The SMILES string of the molecule is CCC=CCC=CCC=CCC=CCC=CCC=CCCC(=O)N[C@H](C(=O)Nc1cccc2c1CN(C1CCC(=O)NC1=O)C2=O)C(C)C. The minimum Gasteiger partial charge on any atom is -0.344 e. The first-order valence-corrected chi connectivity index (χ1v) is 17.5. The molecule has 0 aromatic heterocycles. The summed E-state index contributed by atoms with van der Waals surface area (Å²) in [7, 11) is 0. The van der Waals surface area contributed by atoms with Crippen molar-refractivity contribution in [2.24, 2.45) is 5.92 Å². The summed E-state index contributed by atoms with van der Waals surface area (Å²) in [6.07, 6.45) is 32.6.